The van der Waals surface area contributed by atoms with Crippen LogP contribution >= 0.6 is 0 Å². The average molecular weight is 583 g/mol. The number of amidine groups is 1. The summed E-state index contributed by atoms with van der Waals surface area (Å²) >= 11 is 0. The third kappa shape index (κ3) is 2.30. The van der Waals surface area contributed by atoms with Gasteiger partial charge in [0.25, 0.3) is 5.49 Å². The lowest BCUT2D eigenvalue weighted by Crippen LogP contribution is -2.73. The summed E-state index contributed by atoms with van der Waals surface area (Å²) in [5, 5.41) is 8.35. The van der Waals surface area contributed by atoms with Gasteiger partial charge >= 0.3 is 11.7 Å². The Hall–Kier alpha value is -5.30. The average Bonchev–Trinajstić information content (AvgIpc) is 3.72. The predicted octanol–water partition coefficient (Wildman–Crippen LogP) is 4.46. The van der Waals surface area contributed by atoms with E-state index in [1.807, 2.05) is 0 Å². The molecule has 0 fully saturated rings. The molecule has 3 unspecified atom stereocenters. The van der Waals surface area contributed by atoms with Crippen molar-refractivity contribution >= 4 is 50.0 Å². The van der Waals surface area contributed by atoms with E-state index in [9.17, 15) is 0 Å². The van der Waals surface area contributed by atoms with Gasteiger partial charge in [-0.1, -0.05) is 70.8 Å². The summed E-state index contributed by atoms with van der Waals surface area (Å²) in [7, 11) is 0. The molecule has 8 heterocycles. The van der Waals surface area contributed by atoms with E-state index in [1.165, 1.54) is 60.4 Å². The second-order valence-corrected chi connectivity index (χ2v) is 13.8. The van der Waals surface area contributed by atoms with E-state index in [2.05, 4.69) is 119 Å². The highest BCUT2D eigenvalue weighted by atomic mass is 15.7. The summed E-state index contributed by atoms with van der Waals surface area (Å²) < 4.78 is 10.1. The largest absolute Gasteiger partial charge is 0.370 e. The highest BCUT2D eigenvalue weighted by Gasteiger charge is 2.65. The van der Waals surface area contributed by atoms with E-state index in [0.717, 1.165) is 45.3 Å². The summed E-state index contributed by atoms with van der Waals surface area (Å²) in [4.78, 5) is 16.9. The molecule has 0 N–H and O–H groups in total. The number of aryl methyl sites for hydroxylation is 3. The molecule has 0 saturated carbocycles. The van der Waals surface area contributed by atoms with E-state index in [1.54, 1.807) is 0 Å². The zero-order chi connectivity index (χ0) is 29.7. The quantitative estimate of drug-likeness (QED) is 0.238. The van der Waals surface area contributed by atoms with Crippen molar-refractivity contribution in [1.29, 1.82) is 0 Å². The molecular weight excluding hydrogens is 554 g/mol. The summed E-state index contributed by atoms with van der Waals surface area (Å²) in [6.07, 6.45) is 7.90. The van der Waals surface area contributed by atoms with Gasteiger partial charge in [0.1, 0.15) is 11.3 Å². The lowest BCUT2D eigenvalue weighted by molar-refractivity contribution is -0.681. The highest BCUT2D eigenvalue weighted by molar-refractivity contribution is 6.01. The molecule has 214 valence electrons. The van der Waals surface area contributed by atoms with Gasteiger partial charge in [0.05, 0.1) is 22.3 Å². The monoisotopic (exact) mass is 582 g/mol. The molecule has 6 aromatic rings. The Bertz CT molecular complexity index is 2900. The van der Waals surface area contributed by atoms with Crippen LogP contribution in [0.25, 0.3) is 38.4 Å². The fourth-order valence-electron chi connectivity index (χ4n) is 9.33. The first-order chi connectivity index (χ1) is 21.9. The van der Waals surface area contributed by atoms with Crippen LogP contribution in [0.15, 0.2) is 92.9 Å². The third-order valence-corrected chi connectivity index (χ3v) is 11.1. The fourth-order valence-corrected chi connectivity index (χ4v) is 9.33. The first kappa shape index (κ1) is 23.1. The minimum atomic E-state index is -0.807. The van der Waals surface area contributed by atoms with Crippen LogP contribution < -0.4 is 21.8 Å². The van der Waals surface area contributed by atoms with Crippen LogP contribution in [-0.2, 0) is 5.91 Å². The molecular formula is C38H28N7+. The maximum atomic E-state index is 5.68. The molecule has 6 aliphatic rings. The molecule has 1 spiro atoms. The van der Waals surface area contributed by atoms with Gasteiger partial charge in [0.15, 0.2) is 5.49 Å². The second-order valence-electron chi connectivity index (χ2n) is 13.8. The Balaban J connectivity index is 1.44. The SMILES string of the molecule is CC1=CCC2C(=C1)C1N=c3c4ccc(C)cc4c4n3C35n6c(c7ccc(C)cc7c6N=c6c7ccc(C)cc7c(n63)=NC2=[N+]15)C=4. The molecule has 0 saturated heterocycles. The standard InChI is InChI=1S/C38H28N7/c1-18-6-10-23-26(13-18)31-17-30-22-9-5-19(2)14-27(22)35-40-33-24-11-7-21(4)16-29(24)37-41-34-25-12-8-20(3)15-28(25)36-39-32(23)43(31)38(42(30)35,44(33)37)45(34)36/h5-11,13-17,25,36H,12H2,1-4H3/q+1. The number of allylic oxidation sites excluding steroid dienone is 3. The van der Waals surface area contributed by atoms with E-state index in [0.29, 0.717) is 0 Å². The van der Waals surface area contributed by atoms with Crippen molar-refractivity contribution in [3.63, 3.8) is 0 Å². The van der Waals surface area contributed by atoms with Gasteiger partial charge in [-0.3, -0.25) is 0 Å². The Morgan fingerprint density at radius 3 is 2.18 bits per heavy atom. The van der Waals surface area contributed by atoms with Crippen LogP contribution in [0.3, 0.4) is 0 Å². The van der Waals surface area contributed by atoms with Crippen molar-refractivity contribution < 1.29 is 4.58 Å². The molecule has 0 amide bonds. The van der Waals surface area contributed by atoms with Crippen molar-refractivity contribution in [2.75, 3.05) is 0 Å². The summed E-state index contributed by atoms with van der Waals surface area (Å²) in [5.74, 6) is 1.48. The molecule has 0 bridgehead atoms. The van der Waals surface area contributed by atoms with Crippen molar-refractivity contribution in [2.24, 2.45) is 20.9 Å². The van der Waals surface area contributed by atoms with E-state index in [-0.39, 0.29) is 12.1 Å². The minimum absolute atomic E-state index is 0.172. The Labute approximate surface area is 257 Å². The molecule has 3 aromatic carbocycles. The number of hydrogen-bond acceptors (Lipinski definition) is 3. The zero-order valence-corrected chi connectivity index (χ0v) is 25.4. The van der Waals surface area contributed by atoms with Crippen LogP contribution in [-0.4, -0.2) is 30.3 Å². The third-order valence-electron chi connectivity index (χ3n) is 11.1. The molecule has 7 nitrogen and oxygen atoms in total. The molecule has 3 atom stereocenters. The van der Waals surface area contributed by atoms with Crippen LogP contribution in [0, 0.1) is 26.7 Å². The maximum absolute atomic E-state index is 5.68. The highest BCUT2D eigenvalue weighted by Crippen LogP contribution is 2.48. The first-order valence-electron chi connectivity index (χ1n) is 15.9. The van der Waals surface area contributed by atoms with Crippen molar-refractivity contribution in [3.05, 3.63) is 122 Å². The van der Waals surface area contributed by atoms with Gasteiger partial charge in [0, 0.05) is 32.5 Å². The maximum Gasteiger partial charge on any atom is 0.370 e. The van der Waals surface area contributed by atoms with E-state index in [4.69, 9.17) is 15.0 Å². The topological polar surface area (TPSA) is 54.9 Å². The molecule has 0 radical (unpaired) electrons. The smallest absolute Gasteiger partial charge is 0.245 e. The number of benzene rings is 3. The van der Waals surface area contributed by atoms with Gasteiger partial charge in [-0.2, -0.15) is 4.58 Å². The van der Waals surface area contributed by atoms with Gasteiger partial charge in [0.2, 0.25) is 6.17 Å². The van der Waals surface area contributed by atoms with E-state index >= 15 is 0 Å². The molecule has 7 heteroatoms. The molecule has 5 aliphatic heterocycles. The molecule has 45 heavy (non-hydrogen) atoms. The summed E-state index contributed by atoms with van der Waals surface area (Å²) in [6.45, 7) is 8.75. The normalized spacial score (nSPS) is 24.0. The second kappa shape index (κ2) is 6.99. The van der Waals surface area contributed by atoms with Crippen molar-refractivity contribution in [2.45, 2.75) is 46.2 Å². The minimum Gasteiger partial charge on any atom is -0.245 e. The van der Waals surface area contributed by atoms with Crippen LogP contribution in [0.5, 0.6) is 0 Å². The van der Waals surface area contributed by atoms with Gasteiger partial charge in [-0.25, -0.2) is 23.7 Å². The van der Waals surface area contributed by atoms with Gasteiger partial charge < -0.3 is 0 Å². The van der Waals surface area contributed by atoms with Crippen LogP contribution in [0.4, 0.5) is 5.82 Å². The van der Waals surface area contributed by atoms with Crippen LogP contribution in [0.2, 0.25) is 0 Å². The lowest BCUT2D eigenvalue weighted by Gasteiger charge is -2.44. The number of aromatic nitrogens is 3. The number of nitrogens with zero attached hydrogens (tertiary/aromatic N) is 7. The van der Waals surface area contributed by atoms with Gasteiger partial charge in [-0.15, -0.1) is 0 Å². The summed E-state index contributed by atoms with van der Waals surface area (Å²) in [6, 6.07) is 20.4. The lowest BCUT2D eigenvalue weighted by atomic mass is 9.88. The number of rotatable bonds is 0. The Morgan fingerprint density at radius 1 is 0.689 bits per heavy atom. The molecule has 1 aliphatic carbocycles. The zero-order valence-electron chi connectivity index (χ0n) is 25.4. The summed E-state index contributed by atoms with van der Waals surface area (Å²) in [5.41, 5.74) is 10.5. The Kier molecular flexibility index (Phi) is 3.59. The molecule has 12 rings (SSSR count). The number of hydrogen-bond donors (Lipinski definition) is 0. The number of fused-ring (bicyclic) bond motifs is 12. The van der Waals surface area contributed by atoms with Gasteiger partial charge in [-0.05, 0) is 63.4 Å². The predicted molar refractivity (Wildman–Crippen MR) is 174 cm³/mol. The van der Waals surface area contributed by atoms with E-state index < -0.39 is 5.91 Å². The fraction of sp³-hybridized carbons (Fsp3) is 0.211. The molecule has 3 aromatic heterocycles. The van der Waals surface area contributed by atoms with Crippen molar-refractivity contribution in [3.8, 4) is 0 Å². The first-order valence-corrected chi connectivity index (χ1v) is 15.9. The Morgan fingerprint density at radius 2 is 1.38 bits per heavy atom. The van der Waals surface area contributed by atoms with Crippen LogP contribution in [0.1, 0.15) is 35.7 Å². The van der Waals surface area contributed by atoms with Crippen molar-refractivity contribution in [1.82, 2.24) is 13.7 Å².